The number of nitrogens with zero attached hydrogens (tertiary/aromatic N) is 1. The number of nitrogens with one attached hydrogen (secondary N) is 2. The molecule has 5 N–H and O–H groups in total. The van der Waals surface area contributed by atoms with Crippen molar-refractivity contribution in [2.24, 2.45) is 0 Å². The minimum Gasteiger partial charge on any atom is -0.399 e. The topological polar surface area (TPSA) is 117 Å². The van der Waals surface area contributed by atoms with Crippen LogP contribution < -0.4 is 16.5 Å². The minimum absolute atomic E-state index is 0.0636. The molecule has 0 bridgehead atoms. The number of hydrogen-bond donors (Lipinski definition) is 4. The summed E-state index contributed by atoms with van der Waals surface area (Å²) in [5.74, 6) is -0.440. The van der Waals surface area contributed by atoms with E-state index in [1.807, 2.05) is 29.6 Å². The van der Waals surface area contributed by atoms with Crippen LogP contribution in [-0.4, -0.2) is 22.0 Å². The van der Waals surface area contributed by atoms with E-state index in [0.717, 1.165) is 30.5 Å². The highest BCUT2D eigenvalue weighted by Gasteiger charge is 2.08. The van der Waals surface area contributed by atoms with Crippen molar-refractivity contribution in [3.8, 4) is 11.3 Å². The van der Waals surface area contributed by atoms with Crippen molar-refractivity contribution in [2.75, 3.05) is 11.1 Å². The van der Waals surface area contributed by atoms with Crippen molar-refractivity contribution in [1.82, 2.24) is 10.5 Å². The molecule has 0 radical (unpaired) electrons. The van der Waals surface area contributed by atoms with Crippen LogP contribution in [0.2, 0.25) is 0 Å². The summed E-state index contributed by atoms with van der Waals surface area (Å²) in [6, 6.07) is 7.42. The lowest BCUT2D eigenvalue weighted by atomic mass is 10.1. The summed E-state index contributed by atoms with van der Waals surface area (Å²) in [6.45, 7) is 0. The summed E-state index contributed by atoms with van der Waals surface area (Å²) in [7, 11) is 0. The fourth-order valence-electron chi connectivity index (χ4n) is 2.28. The van der Waals surface area contributed by atoms with Gasteiger partial charge < -0.3 is 11.1 Å². The average Bonchev–Trinajstić information content (AvgIpc) is 3.06. The largest absolute Gasteiger partial charge is 0.399 e. The molecule has 0 saturated carbocycles. The Bertz CT molecular complexity index is 700. The average molecular weight is 362 g/mol. The van der Waals surface area contributed by atoms with Gasteiger partial charge in [0.25, 0.3) is 0 Å². The van der Waals surface area contributed by atoms with Gasteiger partial charge in [0.15, 0.2) is 5.13 Å². The number of rotatable bonds is 9. The summed E-state index contributed by atoms with van der Waals surface area (Å²) < 4.78 is 0. The second-order valence-electron chi connectivity index (χ2n) is 5.66. The molecule has 1 aromatic carbocycles. The molecule has 2 amide bonds. The van der Waals surface area contributed by atoms with Crippen LogP contribution in [-0.2, 0) is 9.59 Å². The maximum Gasteiger partial charge on any atom is 0.243 e. The standard InChI is InChI=1S/C17H22N4O3S/c18-13-9-7-12(8-10-13)14-11-25-17(19-14)20-15(22)5-3-1-2-4-6-16(23)21-24/h7-11,24H,1-6,18H2,(H,21,23)(H,19,20,22). The highest BCUT2D eigenvalue weighted by Crippen LogP contribution is 2.25. The smallest absolute Gasteiger partial charge is 0.243 e. The number of hydrogen-bond acceptors (Lipinski definition) is 6. The van der Waals surface area contributed by atoms with E-state index in [4.69, 9.17) is 10.9 Å². The predicted molar refractivity (Wildman–Crippen MR) is 98.2 cm³/mol. The van der Waals surface area contributed by atoms with E-state index in [2.05, 4.69) is 10.3 Å². The zero-order chi connectivity index (χ0) is 18.1. The molecule has 0 spiro atoms. The van der Waals surface area contributed by atoms with Crippen LogP contribution in [0.1, 0.15) is 38.5 Å². The van der Waals surface area contributed by atoms with Gasteiger partial charge in [-0.1, -0.05) is 25.0 Å². The quantitative estimate of drug-likeness (QED) is 0.236. The van der Waals surface area contributed by atoms with Crippen LogP contribution in [0.25, 0.3) is 11.3 Å². The zero-order valence-corrected chi connectivity index (χ0v) is 14.6. The normalized spacial score (nSPS) is 10.4. The molecule has 1 aromatic heterocycles. The zero-order valence-electron chi connectivity index (χ0n) is 13.8. The van der Waals surface area contributed by atoms with Crippen molar-refractivity contribution >= 4 is 34.0 Å². The molecule has 7 nitrogen and oxygen atoms in total. The van der Waals surface area contributed by atoms with Gasteiger partial charge in [0, 0.05) is 29.5 Å². The molecule has 0 aliphatic rings. The van der Waals surface area contributed by atoms with Gasteiger partial charge in [0.1, 0.15) is 0 Å². The number of thiazole rings is 1. The molecule has 0 atom stereocenters. The van der Waals surface area contributed by atoms with E-state index >= 15 is 0 Å². The number of benzene rings is 1. The van der Waals surface area contributed by atoms with Crippen LogP contribution in [0.3, 0.4) is 0 Å². The number of nitrogen functional groups attached to an aromatic ring is 1. The summed E-state index contributed by atoms with van der Waals surface area (Å²) in [6.07, 6.45) is 3.88. The summed E-state index contributed by atoms with van der Waals surface area (Å²) in [4.78, 5) is 27.2. The van der Waals surface area contributed by atoms with E-state index in [0.29, 0.717) is 30.1 Å². The molecule has 25 heavy (non-hydrogen) atoms. The molecule has 134 valence electrons. The SMILES string of the molecule is Nc1ccc(-c2csc(NC(=O)CCCCCCC(=O)NO)n2)cc1. The Morgan fingerprint density at radius 1 is 1.04 bits per heavy atom. The van der Waals surface area contributed by atoms with Gasteiger partial charge in [-0.05, 0) is 25.0 Å². The van der Waals surface area contributed by atoms with E-state index in [-0.39, 0.29) is 11.8 Å². The second kappa shape index (κ2) is 9.75. The summed E-state index contributed by atoms with van der Waals surface area (Å²) >= 11 is 1.39. The maximum absolute atomic E-state index is 11.9. The van der Waals surface area contributed by atoms with Crippen LogP contribution in [0, 0.1) is 0 Å². The van der Waals surface area contributed by atoms with Gasteiger partial charge in [-0.2, -0.15) is 0 Å². The van der Waals surface area contributed by atoms with Gasteiger partial charge >= 0.3 is 0 Å². The first-order valence-corrected chi connectivity index (χ1v) is 9.00. The molecule has 0 unspecified atom stereocenters. The molecular formula is C17H22N4O3S. The number of hydroxylamine groups is 1. The number of nitrogens with two attached hydrogens (primary N) is 1. The van der Waals surface area contributed by atoms with Crippen LogP contribution in [0.15, 0.2) is 29.6 Å². The molecule has 0 aliphatic carbocycles. The fraction of sp³-hybridized carbons (Fsp3) is 0.353. The number of unbranched alkanes of at least 4 members (excludes halogenated alkanes) is 3. The lowest BCUT2D eigenvalue weighted by molar-refractivity contribution is -0.129. The van der Waals surface area contributed by atoms with Crippen LogP contribution in [0.4, 0.5) is 10.8 Å². The Morgan fingerprint density at radius 2 is 1.68 bits per heavy atom. The Labute approximate surface area is 150 Å². The minimum atomic E-state index is -0.376. The molecule has 0 saturated heterocycles. The highest BCUT2D eigenvalue weighted by atomic mass is 32.1. The van der Waals surface area contributed by atoms with Crippen molar-refractivity contribution in [2.45, 2.75) is 38.5 Å². The van der Waals surface area contributed by atoms with Crippen molar-refractivity contribution in [3.63, 3.8) is 0 Å². The van der Waals surface area contributed by atoms with Crippen LogP contribution in [0.5, 0.6) is 0 Å². The van der Waals surface area contributed by atoms with Crippen LogP contribution >= 0.6 is 11.3 Å². The number of amides is 2. The molecule has 8 heteroatoms. The van der Waals surface area contributed by atoms with Gasteiger partial charge in [0.05, 0.1) is 5.69 Å². The third-order valence-corrected chi connectivity index (χ3v) is 4.40. The number of carbonyl (C=O) groups is 2. The lowest BCUT2D eigenvalue weighted by Crippen LogP contribution is -2.17. The third-order valence-electron chi connectivity index (χ3n) is 3.64. The van der Waals surface area contributed by atoms with Crippen molar-refractivity contribution in [1.29, 1.82) is 0 Å². The third kappa shape index (κ3) is 6.52. The van der Waals surface area contributed by atoms with Crippen molar-refractivity contribution < 1.29 is 14.8 Å². The Morgan fingerprint density at radius 3 is 2.32 bits per heavy atom. The molecular weight excluding hydrogens is 340 g/mol. The van der Waals surface area contributed by atoms with E-state index < -0.39 is 0 Å². The van der Waals surface area contributed by atoms with Gasteiger partial charge in [-0.15, -0.1) is 11.3 Å². The summed E-state index contributed by atoms with van der Waals surface area (Å²) in [5, 5.41) is 13.7. The first kappa shape index (κ1) is 18.9. The Balaban J connectivity index is 1.69. The first-order chi connectivity index (χ1) is 12.1. The van der Waals surface area contributed by atoms with E-state index in [1.54, 1.807) is 5.48 Å². The molecule has 2 aromatic rings. The number of carbonyl (C=O) groups excluding carboxylic acids is 2. The van der Waals surface area contributed by atoms with Gasteiger partial charge in [-0.3, -0.25) is 14.8 Å². The number of anilines is 2. The predicted octanol–water partition coefficient (Wildman–Crippen LogP) is 3.18. The molecule has 0 aliphatic heterocycles. The van der Waals surface area contributed by atoms with Gasteiger partial charge in [-0.25, -0.2) is 10.5 Å². The maximum atomic E-state index is 11.9. The lowest BCUT2D eigenvalue weighted by Gasteiger charge is -2.02. The monoisotopic (exact) mass is 362 g/mol. The second-order valence-corrected chi connectivity index (χ2v) is 6.52. The molecule has 0 fully saturated rings. The van der Waals surface area contributed by atoms with Crippen molar-refractivity contribution in [3.05, 3.63) is 29.6 Å². The first-order valence-electron chi connectivity index (χ1n) is 8.12. The van der Waals surface area contributed by atoms with E-state index in [9.17, 15) is 9.59 Å². The fourth-order valence-corrected chi connectivity index (χ4v) is 3.02. The Kier molecular flexibility index (Phi) is 7.36. The number of aromatic nitrogens is 1. The highest BCUT2D eigenvalue weighted by molar-refractivity contribution is 7.14. The molecule has 1 heterocycles. The van der Waals surface area contributed by atoms with E-state index in [1.165, 1.54) is 11.3 Å². The molecule has 2 rings (SSSR count). The Hall–Kier alpha value is -2.45. The summed E-state index contributed by atoms with van der Waals surface area (Å²) in [5.41, 5.74) is 9.73. The van der Waals surface area contributed by atoms with Gasteiger partial charge in [0.2, 0.25) is 11.8 Å².